The summed E-state index contributed by atoms with van der Waals surface area (Å²) in [4.78, 5) is 31.0. The van der Waals surface area contributed by atoms with Crippen molar-refractivity contribution in [1.29, 1.82) is 0 Å². The molecule has 1 heterocycles. The number of hydrogen-bond donors (Lipinski definition) is 1. The summed E-state index contributed by atoms with van der Waals surface area (Å²) in [6.07, 6.45) is 0. The predicted molar refractivity (Wildman–Crippen MR) is 145 cm³/mol. The second kappa shape index (κ2) is 9.79. The number of anilines is 3. The van der Waals surface area contributed by atoms with Crippen molar-refractivity contribution in [3.63, 3.8) is 0 Å². The lowest BCUT2D eigenvalue weighted by molar-refractivity contribution is -0.120. The summed E-state index contributed by atoms with van der Waals surface area (Å²) in [6, 6.07) is 19.7. The van der Waals surface area contributed by atoms with Gasteiger partial charge in [-0.1, -0.05) is 24.3 Å². The third-order valence-electron chi connectivity index (χ3n) is 6.61. The molecule has 0 radical (unpaired) electrons. The van der Waals surface area contributed by atoms with Gasteiger partial charge in [-0.2, -0.15) is 0 Å². The highest BCUT2D eigenvalue weighted by Crippen LogP contribution is 2.35. The van der Waals surface area contributed by atoms with Gasteiger partial charge in [-0.15, -0.1) is 0 Å². The van der Waals surface area contributed by atoms with E-state index in [9.17, 15) is 9.59 Å². The van der Waals surface area contributed by atoms with Crippen LogP contribution in [0, 0.1) is 27.7 Å². The van der Waals surface area contributed by atoms with E-state index < -0.39 is 0 Å². The molecule has 0 unspecified atom stereocenters. The number of carbonyl (C=O) groups excluding carboxylic acids is 2. The lowest BCUT2D eigenvalue weighted by Crippen LogP contribution is -2.32. The number of hydrogen-bond acceptors (Lipinski definition) is 4. The summed E-state index contributed by atoms with van der Waals surface area (Å²) in [7, 11) is 0. The Balaban J connectivity index is 1.79. The van der Waals surface area contributed by atoms with Crippen LogP contribution in [0.5, 0.6) is 0 Å². The van der Waals surface area contributed by atoms with Crippen LogP contribution in [0.2, 0.25) is 0 Å². The van der Waals surface area contributed by atoms with Crippen LogP contribution in [0.3, 0.4) is 0 Å². The summed E-state index contributed by atoms with van der Waals surface area (Å²) >= 11 is 0. The molecule has 0 aliphatic carbocycles. The topological polar surface area (TPSA) is 52.7 Å². The first-order valence-corrected chi connectivity index (χ1v) is 12.1. The summed E-state index contributed by atoms with van der Waals surface area (Å²) in [5.74, 6) is -0.661. The van der Waals surface area contributed by atoms with Gasteiger partial charge < -0.3 is 10.2 Å². The number of carbonyl (C=O) groups is 2. The molecule has 5 nitrogen and oxygen atoms in total. The van der Waals surface area contributed by atoms with Gasteiger partial charge in [0.2, 0.25) is 0 Å². The molecule has 3 aromatic rings. The van der Waals surface area contributed by atoms with E-state index in [1.807, 2.05) is 88.4 Å². The Kier molecular flexibility index (Phi) is 6.79. The Morgan fingerprint density at radius 3 is 1.94 bits per heavy atom. The van der Waals surface area contributed by atoms with Crippen LogP contribution in [0.15, 0.2) is 66.4 Å². The van der Waals surface area contributed by atoms with Crippen molar-refractivity contribution in [2.24, 2.45) is 0 Å². The quantitative estimate of drug-likeness (QED) is 0.423. The molecule has 5 heteroatoms. The minimum absolute atomic E-state index is 0.299. The second-order valence-corrected chi connectivity index (χ2v) is 9.18. The Morgan fingerprint density at radius 2 is 1.37 bits per heavy atom. The number of amides is 2. The predicted octanol–water partition coefficient (Wildman–Crippen LogP) is 6.16. The maximum Gasteiger partial charge on any atom is 0.282 e. The minimum atomic E-state index is -0.346. The fraction of sp³-hybridized carbons (Fsp3) is 0.267. The highest BCUT2D eigenvalue weighted by Gasteiger charge is 2.40. The molecule has 0 fully saturated rings. The highest BCUT2D eigenvalue weighted by molar-refractivity contribution is 6.46. The van der Waals surface area contributed by atoms with E-state index in [4.69, 9.17) is 0 Å². The van der Waals surface area contributed by atoms with Gasteiger partial charge in [0.25, 0.3) is 11.8 Å². The molecule has 180 valence electrons. The molecule has 35 heavy (non-hydrogen) atoms. The normalized spacial score (nSPS) is 13.6. The van der Waals surface area contributed by atoms with Crippen LogP contribution >= 0.6 is 0 Å². The van der Waals surface area contributed by atoms with Crippen molar-refractivity contribution < 1.29 is 9.59 Å². The Labute approximate surface area is 208 Å². The fourth-order valence-corrected chi connectivity index (χ4v) is 4.61. The van der Waals surface area contributed by atoms with Gasteiger partial charge in [0.15, 0.2) is 0 Å². The van der Waals surface area contributed by atoms with E-state index in [0.29, 0.717) is 17.0 Å². The zero-order chi connectivity index (χ0) is 25.3. The number of rotatable bonds is 7. The van der Waals surface area contributed by atoms with Crippen LogP contribution in [0.1, 0.15) is 41.7 Å². The maximum atomic E-state index is 13.8. The van der Waals surface area contributed by atoms with Crippen molar-refractivity contribution >= 4 is 34.4 Å². The van der Waals surface area contributed by atoms with Gasteiger partial charge >= 0.3 is 0 Å². The lowest BCUT2D eigenvalue weighted by Gasteiger charge is -2.21. The largest absolute Gasteiger partial charge is 0.372 e. The van der Waals surface area contributed by atoms with Gasteiger partial charge in [0.1, 0.15) is 5.70 Å². The Morgan fingerprint density at radius 1 is 0.743 bits per heavy atom. The van der Waals surface area contributed by atoms with Crippen LogP contribution in [0.4, 0.5) is 17.1 Å². The van der Waals surface area contributed by atoms with E-state index in [-0.39, 0.29) is 11.8 Å². The maximum absolute atomic E-state index is 13.8. The summed E-state index contributed by atoms with van der Waals surface area (Å²) in [5.41, 5.74) is 8.12. The molecule has 4 rings (SSSR count). The second-order valence-electron chi connectivity index (χ2n) is 9.18. The number of imide groups is 1. The molecule has 0 spiro atoms. The molecule has 1 N–H and O–H groups in total. The zero-order valence-corrected chi connectivity index (χ0v) is 21.4. The van der Waals surface area contributed by atoms with E-state index in [1.54, 1.807) is 0 Å². The van der Waals surface area contributed by atoms with Gasteiger partial charge in [-0.25, -0.2) is 4.90 Å². The van der Waals surface area contributed by atoms with Gasteiger partial charge in [-0.3, -0.25) is 9.59 Å². The van der Waals surface area contributed by atoms with Crippen LogP contribution in [0.25, 0.3) is 5.57 Å². The Bertz CT molecular complexity index is 1300. The molecular weight excluding hydrogens is 434 g/mol. The SMILES string of the molecule is CCN(CC)c1ccc(NC2=C(c3ccc(C)c(C)c3)C(=O)N(c3cc(C)cc(C)c3)C2=O)cc1. The number of benzene rings is 3. The fourth-order valence-electron chi connectivity index (χ4n) is 4.61. The molecule has 1 aliphatic heterocycles. The molecule has 0 saturated carbocycles. The van der Waals surface area contributed by atoms with Gasteiger partial charge in [0.05, 0.1) is 11.3 Å². The van der Waals surface area contributed by atoms with Crippen molar-refractivity contribution in [2.45, 2.75) is 41.5 Å². The lowest BCUT2D eigenvalue weighted by atomic mass is 9.99. The standard InChI is InChI=1S/C30H33N3O2/c1-7-32(8-2)25-13-11-24(12-14-25)31-28-27(23-10-9-21(5)22(6)18-23)29(34)33(30(28)35)26-16-19(3)15-20(4)17-26/h9-18,31H,7-8H2,1-6H3. The van der Waals surface area contributed by atoms with Crippen molar-refractivity contribution in [3.8, 4) is 0 Å². The minimum Gasteiger partial charge on any atom is -0.372 e. The number of nitrogens with zero attached hydrogens (tertiary/aromatic N) is 2. The molecule has 0 bridgehead atoms. The van der Waals surface area contributed by atoms with Crippen molar-refractivity contribution in [2.75, 3.05) is 28.2 Å². The first-order valence-electron chi connectivity index (χ1n) is 12.1. The van der Waals surface area contributed by atoms with Crippen LogP contribution in [-0.2, 0) is 9.59 Å². The highest BCUT2D eigenvalue weighted by atomic mass is 16.2. The average Bonchev–Trinajstić information content (AvgIpc) is 3.06. The molecule has 0 saturated heterocycles. The third-order valence-corrected chi connectivity index (χ3v) is 6.61. The van der Waals surface area contributed by atoms with Crippen LogP contribution in [-0.4, -0.2) is 24.9 Å². The van der Waals surface area contributed by atoms with E-state index in [2.05, 4.69) is 24.1 Å². The zero-order valence-electron chi connectivity index (χ0n) is 21.4. The first-order chi connectivity index (χ1) is 16.7. The molecule has 0 atom stereocenters. The average molecular weight is 468 g/mol. The molecule has 2 amide bonds. The number of nitrogens with one attached hydrogen (secondary N) is 1. The van der Waals surface area contributed by atoms with E-state index >= 15 is 0 Å². The smallest absolute Gasteiger partial charge is 0.282 e. The molecule has 0 aromatic heterocycles. The molecular formula is C30H33N3O2. The van der Waals surface area contributed by atoms with Gasteiger partial charge in [-0.05, 0) is 106 Å². The molecule has 3 aromatic carbocycles. The van der Waals surface area contributed by atoms with Crippen LogP contribution < -0.4 is 15.1 Å². The summed E-state index contributed by atoms with van der Waals surface area (Å²) < 4.78 is 0. The summed E-state index contributed by atoms with van der Waals surface area (Å²) in [6.45, 7) is 14.1. The third kappa shape index (κ3) is 4.72. The van der Waals surface area contributed by atoms with Gasteiger partial charge in [0, 0.05) is 24.5 Å². The van der Waals surface area contributed by atoms with E-state index in [0.717, 1.165) is 52.3 Å². The first kappa shape index (κ1) is 24.3. The number of aryl methyl sites for hydroxylation is 4. The van der Waals surface area contributed by atoms with Crippen molar-refractivity contribution in [3.05, 3.63) is 94.2 Å². The Hall–Kier alpha value is -3.86. The molecule has 1 aliphatic rings. The van der Waals surface area contributed by atoms with Crippen molar-refractivity contribution in [1.82, 2.24) is 0 Å². The van der Waals surface area contributed by atoms with E-state index in [1.165, 1.54) is 4.90 Å². The monoisotopic (exact) mass is 467 g/mol. The summed E-state index contributed by atoms with van der Waals surface area (Å²) in [5, 5.41) is 3.28.